The molecule has 2 aromatic carbocycles. The largest absolute Gasteiger partial charge is 0.350 e. The Morgan fingerprint density at radius 3 is 2.48 bits per heavy atom. The van der Waals surface area contributed by atoms with E-state index in [2.05, 4.69) is 15.0 Å². The first-order chi connectivity index (χ1) is 13.1. The minimum atomic E-state index is -1.92. The van der Waals surface area contributed by atoms with Crippen LogP contribution in [0, 0.1) is 0 Å². The molecule has 0 saturated heterocycles. The Morgan fingerprint density at radius 2 is 1.78 bits per heavy atom. The summed E-state index contributed by atoms with van der Waals surface area (Å²) in [6.45, 7) is 0. The lowest BCUT2D eigenvalue weighted by molar-refractivity contribution is 0.482. The predicted octanol–water partition coefficient (Wildman–Crippen LogP) is 4.78. The minimum absolute atomic E-state index is 0.297. The molecule has 2 aromatic heterocycles. The summed E-state index contributed by atoms with van der Waals surface area (Å²) in [6, 6.07) is 15.9. The standard InChI is InChI=1S/C20H17ClN3O2P/c21-17-11-19-18(23-20(24-19)7-9-27(25)26)10-16(17)14-5-3-13(4-6-14)15-2-1-8-22-12-15/h1-6,8,10-12,25-26H,7,9H2,(H,23,24). The van der Waals surface area contributed by atoms with Gasteiger partial charge in [-0.25, -0.2) is 4.98 Å². The molecule has 4 rings (SSSR count). The monoisotopic (exact) mass is 397 g/mol. The summed E-state index contributed by atoms with van der Waals surface area (Å²) in [7, 11) is -1.92. The number of nitrogens with zero attached hydrogens (tertiary/aromatic N) is 2. The summed E-state index contributed by atoms with van der Waals surface area (Å²) in [5.74, 6) is 0.723. The molecule has 7 heteroatoms. The molecule has 27 heavy (non-hydrogen) atoms. The number of hydrogen-bond acceptors (Lipinski definition) is 4. The molecular formula is C20H17ClN3O2P. The molecule has 0 unspecified atom stereocenters. The van der Waals surface area contributed by atoms with Gasteiger partial charge in [-0.05, 0) is 34.9 Å². The van der Waals surface area contributed by atoms with Crippen LogP contribution in [0.2, 0.25) is 5.02 Å². The van der Waals surface area contributed by atoms with E-state index in [1.807, 2.05) is 54.7 Å². The van der Waals surface area contributed by atoms with E-state index in [0.717, 1.165) is 39.1 Å². The zero-order valence-electron chi connectivity index (χ0n) is 14.3. The summed E-state index contributed by atoms with van der Waals surface area (Å²) >= 11 is 6.50. The van der Waals surface area contributed by atoms with E-state index >= 15 is 0 Å². The number of aromatic amines is 1. The summed E-state index contributed by atoms with van der Waals surface area (Å²) in [4.78, 5) is 30.1. The van der Waals surface area contributed by atoms with Crippen LogP contribution in [0.5, 0.6) is 0 Å². The second-order valence-electron chi connectivity index (χ2n) is 6.20. The molecule has 0 fully saturated rings. The van der Waals surface area contributed by atoms with Crippen LogP contribution in [-0.2, 0) is 6.42 Å². The highest BCUT2D eigenvalue weighted by atomic mass is 35.5. The highest BCUT2D eigenvalue weighted by Gasteiger charge is 2.11. The van der Waals surface area contributed by atoms with Crippen molar-refractivity contribution in [1.82, 2.24) is 15.0 Å². The fourth-order valence-corrected chi connectivity index (χ4v) is 3.69. The molecule has 0 saturated carbocycles. The maximum absolute atomic E-state index is 9.08. The molecule has 136 valence electrons. The topological polar surface area (TPSA) is 82.0 Å². The quantitative estimate of drug-likeness (QED) is 0.423. The lowest BCUT2D eigenvalue weighted by Gasteiger charge is -2.07. The molecule has 3 N–H and O–H groups in total. The second-order valence-corrected chi connectivity index (χ2v) is 7.80. The van der Waals surface area contributed by atoms with Gasteiger partial charge in [0.05, 0.1) is 16.1 Å². The lowest BCUT2D eigenvalue weighted by Crippen LogP contribution is -1.92. The molecule has 0 aliphatic rings. The van der Waals surface area contributed by atoms with E-state index in [-0.39, 0.29) is 0 Å². The van der Waals surface area contributed by atoms with E-state index in [1.165, 1.54) is 0 Å². The molecule has 0 bridgehead atoms. The van der Waals surface area contributed by atoms with Crippen molar-refractivity contribution in [1.29, 1.82) is 0 Å². The van der Waals surface area contributed by atoms with Crippen LogP contribution < -0.4 is 0 Å². The van der Waals surface area contributed by atoms with Gasteiger partial charge in [0.1, 0.15) is 5.82 Å². The number of rotatable bonds is 5. The van der Waals surface area contributed by atoms with Crippen molar-refractivity contribution in [2.75, 3.05) is 6.16 Å². The SMILES string of the molecule is OP(O)CCc1nc2cc(-c3ccc(-c4cccnc4)cc3)c(Cl)cc2[nH]1. The van der Waals surface area contributed by atoms with E-state index < -0.39 is 8.38 Å². The third kappa shape index (κ3) is 4.02. The number of imidazole rings is 1. The Labute approximate surface area is 162 Å². The highest BCUT2D eigenvalue weighted by Crippen LogP contribution is 2.33. The number of aryl methyl sites for hydroxylation is 1. The number of benzene rings is 2. The van der Waals surface area contributed by atoms with Crippen molar-refractivity contribution in [3.8, 4) is 22.3 Å². The lowest BCUT2D eigenvalue weighted by atomic mass is 10.0. The normalized spacial score (nSPS) is 11.4. The number of nitrogens with one attached hydrogen (secondary N) is 1. The van der Waals surface area contributed by atoms with Crippen LogP contribution >= 0.6 is 20.0 Å². The van der Waals surface area contributed by atoms with Gasteiger partial charge in [-0.3, -0.25) is 4.98 Å². The molecule has 0 radical (unpaired) electrons. The molecule has 5 nitrogen and oxygen atoms in total. The summed E-state index contributed by atoms with van der Waals surface area (Å²) in [5, 5.41) is 0.637. The summed E-state index contributed by atoms with van der Waals surface area (Å²) in [5.41, 5.74) is 5.72. The second kappa shape index (κ2) is 7.75. The first-order valence-corrected chi connectivity index (χ1v) is 10.3. The van der Waals surface area contributed by atoms with Crippen molar-refractivity contribution in [3.63, 3.8) is 0 Å². The van der Waals surface area contributed by atoms with Gasteiger partial charge < -0.3 is 14.8 Å². The number of H-pyrrole nitrogens is 1. The highest BCUT2D eigenvalue weighted by molar-refractivity contribution is 7.45. The number of halogens is 1. The maximum Gasteiger partial charge on any atom is 0.165 e. The van der Waals surface area contributed by atoms with Crippen LogP contribution in [0.25, 0.3) is 33.3 Å². The summed E-state index contributed by atoms with van der Waals surface area (Å²) < 4.78 is 0. The minimum Gasteiger partial charge on any atom is -0.350 e. The fraction of sp³-hybridized carbons (Fsp3) is 0.100. The fourth-order valence-electron chi connectivity index (χ4n) is 3.00. The van der Waals surface area contributed by atoms with Gasteiger partial charge in [-0.1, -0.05) is 41.9 Å². The number of hydrogen-bond donors (Lipinski definition) is 3. The van der Waals surface area contributed by atoms with Crippen LogP contribution in [0.3, 0.4) is 0 Å². The van der Waals surface area contributed by atoms with Gasteiger partial charge in [-0.15, -0.1) is 0 Å². The molecule has 4 aromatic rings. The van der Waals surface area contributed by atoms with Gasteiger partial charge in [-0.2, -0.15) is 0 Å². The average Bonchev–Trinajstić information content (AvgIpc) is 3.08. The Hall–Kier alpha value is -2.30. The van der Waals surface area contributed by atoms with E-state index in [4.69, 9.17) is 21.4 Å². The van der Waals surface area contributed by atoms with Crippen molar-refractivity contribution < 1.29 is 9.79 Å². The van der Waals surface area contributed by atoms with Crippen LogP contribution in [0.15, 0.2) is 60.9 Å². The Balaban J connectivity index is 1.65. The molecule has 0 amide bonds. The molecule has 2 heterocycles. The van der Waals surface area contributed by atoms with E-state index in [1.54, 1.807) is 6.20 Å². The molecule has 0 aliphatic carbocycles. The predicted molar refractivity (Wildman–Crippen MR) is 110 cm³/mol. The molecule has 0 atom stereocenters. The Kier molecular flexibility index (Phi) is 5.19. The van der Waals surface area contributed by atoms with Gasteiger partial charge in [0.2, 0.25) is 0 Å². The number of pyridine rings is 1. The Bertz CT molecular complexity index is 1070. The first kappa shape index (κ1) is 18.1. The van der Waals surface area contributed by atoms with Gasteiger partial charge in [0, 0.05) is 30.5 Å². The zero-order chi connectivity index (χ0) is 18.8. The van der Waals surface area contributed by atoms with Crippen LogP contribution in [0.4, 0.5) is 0 Å². The third-order valence-corrected chi connectivity index (χ3v) is 5.30. The number of fused-ring (bicyclic) bond motifs is 1. The zero-order valence-corrected chi connectivity index (χ0v) is 16.0. The van der Waals surface area contributed by atoms with Crippen molar-refractivity contribution in [3.05, 3.63) is 71.8 Å². The Morgan fingerprint density at radius 1 is 1.00 bits per heavy atom. The third-order valence-electron chi connectivity index (χ3n) is 4.36. The molecule has 0 spiro atoms. The molecule has 0 aliphatic heterocycles. The van der Waals surface area contributed by atoms with Gasteiger partial charge in [0.15, 0.2) is 8.38 Å². The van der Waals surface area contributed by atoms with Crippen LogP contribution in [0.1, 0.15) is 5.82 Å². The van der Waals surface area contributed by atoms with Crippen LogP contribution in [-0.4, -0.2) is 30.9 Å². The summed E-state index contributed by atoms with van der Waals surface area (Å²) in [6.07, 6.45) is 4.38. The first-order valence-electron chi connectivity index (χ1n) is 8.44. The molecular weight excluding hydrogens is 381 g/mol. The number of aromatic nitrogens is 3. The van der Waals surface area contributed by atoms with Crippen molar-refractivity contribution in [2.45, 2.75) is 6.42 Å². The maximum atomic E-state index is 9.08. The smallest absolute Gasteiger partial charge is 0.165 e. The van der Waals surface area contributed by atoms with E-state index in [0.29, 0.717) is 17.6 Å². The average molecular weight is 398 g/mol. The van der Waals surface area contributed by atoms with Crippen molar-refractivity contribution >= 4 is 31.0 Å². The van der Waals surface area contributed by atoms with Gasteiger partial charge >= 0.3 is 0 Å². The van der Waals surface area contributed by atoms with Crippen molar-refractivity contribution in [2.24, 2.45) is 0 Å². The van der Waals surface area contributed by atoms with Gasteiger partial charge in [0.25, 0.3) is 0 Å². The van der Waals surface area contributed by atoms with E-state index in [9.17, 15) is 0 Å².